The standard InChI is InChI=1S/C17H16N2OS2/c1-2-12-6-5-7-13(10-12)18-16(20)11-21-17-19-14-8-3-4-9-15(14)22-17/h3-10H,2,11H2,1H3,(H,18,20). The van der Waals surface area contributed by atoms with Gasteiger partial charge in [-0.2, -0.15) is 0 Å². The Hall–Kier alpha value is -1.85. The number of carbonyl (C=O) groups is 1. The van der Waals surface area contributed by atoms with E-state index in [1.807, 2.05) is 42.5 Å². The number of nitrogens with one attached hydrogen (secondary N) is 1. The number of thioether (sulfide) groups is 1. The van der Waals surface area contributed by atoms with E-state index in [4.69, 9.17) is 0 Å². The number of hydrogen-bond acceptors (Lipinski definition) is 4. The fourth-order valence-corrected chi connectivity index (χ4v) is 3.97. The smallest absolute Gasteiger partial charge is 0.234 e. The number of hydrogen-bond donors (Lipinski definition) is 1. The van der Waals surface area contributed by atoms with Gasteiger partial charge >= 0.3 is 0 Å². The van der Waals surface area contributed by atoms with Crippen molar-refractivity contribution >= 4 is 44.9 Å². The van der Waals surface area contributed by atoms with Gasteiger partial charge in [-0.3, -0.25) is 4.79 Å². The Bertz CT molecular complexity index is 765. The third kappa shape index (κ3) is 3.67. The first kappa shape index (κ1) is 15.1. The van der Waals surface area contributed by atoms with E-state index in [1.54, 1.807) is 11.3 Å². The molecule has 1 N–H and O–H groups in total. The maximum Gasteiger partial charge on any atom is 0.234 e. The average molecular weight is 328 g/mol. The largest absolute Gasteiger partial charge is 0.325 e. The fraction of sp³-hybridized carbons (Fsp3) is 0.176. The highest BCUT2D eigenvalue weighted by atomic mass is 32.2. The van der Waals surface area contributed by atoms with Crippen LogP contribution in [0.15, 0.2) is 52.9 Å². The third-order valence-electron chi connectivity index (χ3n) is 3.22. The zero-order valence-electron chi connectivity index (χ0n) is 12.2. The first-order valence-corrected chi connectivity index (χ1v) is 8.92. The lowest BCUT2D eigenvalue weighted by Gasteiger charge is -2.05. The number of aromatic nitrogens is 1. The van der Waals surface area contributed by atoms with Crippen molar-refractivity contribution in [2.24, 2.45) is 0 Å². The highest BCUT2D eigenvalue weighted by Gasteiger charge is 2.08. The Kier molecular flexibility index (Phi) is 4.75. The van der Waals surface area contributed by atoms with Crippen molar-refractivity contribution in [2.45, 2.75) is 17.7 Å². The van der Waals surface area contributed by atoms with Crippen LogP contribution in [0.5, 0.6) is 0 Å². The van der Waals surface area contributed by atoms with E-state index in [9.17, 15) is 4.79 Å². The lowest BCUT2D eigenvalue weighted by Crippen LogP contribution is -2.14. The minimum atomic E-state index is -0.00231. The summed E-state index contributed by atoms with van der Waals surface area (Å²) in [4.78, 5) is 16.6. The van der Waals surface area contributed by atoms with Crippen LogP contribution in [0.2, 0.25) is 0 Å². The minimum Gasteiger partial charge on any atom is -0.325 e. The van der Waals surface area contributed by atoms with Gasteiger partial charge in [-0.05, 0) is 36.2 Å². The van der Waals surface area contributed by atoms with Gasteiger partial charge in [0.1, 0.15) is 0 Å². The molecule has 112 valence electrons. The van der Waals surface area contributed by atoms with E-state index < -0.39 is 0 Å². The summed E-state index contributed by atoms with van der Waals surface area (Å²) in [6, 6.07) is 16.0. The predicted octanol–water partition coefficient (Wildman–Crippen LogP) is 4.59. The summed E-state index contributed by atoms with van der Waals surface area (Å²) in [7, 11) is 0. The maximum atomic E-state index is 12.0. The molecule has 1 heterocycles. The molecule has 0 radical (unpaired) electrons. The summed E-state index contributed by atoms with van der Waals surface area (Å²) in [5, 5.41) is 2.94. The Balaban J connectivity index is 1.59. The number of carbonyl (C=O) groups excluding carboxylic acids is 1. The maximum absolute atomic E-state index is 12.0. The van der Waals surface area contributed by atoms with Gasteiger partial charge in [-0.15, -0.1) is 11.3 Å². The normalized spacial score (nSPS) is 10.8. The molecule has 0 atom stereocenters. The van der Waals surface area contributed by atoms with Crippen molar-refractivity contribution < 1.29 is 4.79 Å². The first-order valence-electron chi connectivity index (χ1n) is 7.12. The zero-order valence-corrected chi connectivity index (χ0v) is 13.8. The fourth-order valence-electron chi connectivity index (χ4n) is 2.11. The summed E-state index contributed by atoms with van der Waals surface area (Å²) in [5.41, 5.74) is 3.07. The number of anilines is 1. The molecule has 0 saturated carbocycles. The highest BCUT2D eigenvalue weighted by molar-refractivity contribution is 8.01. The van der Waals surface area contributed by atoms with Crippen LogP contribution in [0.3, 0.4) is 0 Å². The molecule has 0 saturated heterocycles. The van der Waals surface area contributed by atoms with Crippen molar-refractivity contribution in [1.82, 2.24) is 4.98 Å². The van der Waals surface area contributed by atoms with Crippen molar-refractivity contribution in [3.63, 3.8) is 0 Å². The van der Waals surface area contributed by atoms with E-state index in [0.717, 1.165) is 26.7 Å². The summed E-state index contributed by atoms with van der Waals surface area (Å²) in [6.45, 7) is 2.10. The van der Waals surface area contributed by atoms with E-state index >= 15 is 0 Å². The van der Waals surface area contributed by atoms with Gasteiger partial charge in [-0.1, -0.05) is 43.0 Å². The Morgan fingerprint density at radius 3 is 2.91 bits per heavy atom. The van der Waals surface area contributed by atoms with Crippen LogP contribution in [0.1, 0.15) is 12.5 Å². The van der Waals surface area contributed by atoms with Gasteiger partial charge < -0.3 is 5.32 Å². The van der Waals surface area contributed by atoms with Crippen LogP contribution in [-0.4, -0.2) is 16.6 Å². The Morgan fingerprint density at radius 1 is 1.23 bits per heavy atom. The van der Waals surface area contributed by atoms with E-state index in [-0.39, 0.29) is 5.91 Å². The second-order valence-corrected chi connectivity index (χ2v) is 7.09. The number of aryl methyl sites for hydroxylation is 1. The van der Waals surface area contributed by atoms with Gasteiger partial charge in [0.05, 0.1) is 16.0 Å². The zero-order chi connectivity index (χ0) is 15.4. The molecular weight excluding hydrogens is 312 g/mol. The molecule has 1 amide bonds. The molecule has 2 aromatic carbocycles. The minimum absolute atomic E-state index is 0.00231. The van der Waals surface area contributed by atoms with Crippen molar-refractivity contribution in [3.8, 4) is 0 Å². The summed E-state index contributed by atoms with van der Waals surface area (Å²) >= 11 is 3.10. The van der Waals surface area contributed by atoms with E-state index in [0.29, 0.717) is 5.75 Å². The summed E-state index contributed by atoms with van der Waals surface area (Å²) in [5.74, 6) is 0.369. The molecule has 0 fully saturated rings. The quantitative estimate of drug-likeness (QED) is 0.697. The summed E-state index contributed by atoms with van der Waals surface area (Å²) in [6.07, 6.45) is 0.962. The average Bonchev–Trinajstić information content (AvgIpc) is 2.96. The Morgan fingerprint density at radius 2 is 2.09 bits per heavy atom. The molecule has 0 aliphatic carbocycles. The lowest BCUT2D eigenvalue weighted by molar-refractivity contribution is -0.113. The van der Waals surface area contributed by atoms with E-state index in [2.05, 4.69) is 23.3 Å². The number of nitrogens with zero attached hydrogens (tertiary/aromatic N) is 1. The Labute approximate surface area is 137 Å². The number of rotatable bonds is 5. The second-order valence-electron chi connectivity index (χ2n) is 4.84. The molecule has 0 aliphatic heterocycles. The van der Waals surface area contributed by atoms with Crippen LogP contribution < -0.4 is 5.32 Å². The number of fused-ring (bicyclic) bond motifs is 1. The molecule has 1 aromatic heterocycles. The monoisotopic (exact) mass is 328 g/mol. The predicted molar refractivity (Wildman–Crippen MR) is 94.8 cm³/mol. The van der Waals surface area contributed by atoms with Crippen LogP contribution in [0.4, 0.5) is 5.69 Å². The molecule has 22 heavy (non-hydrogen) atoms. The lowest BCUT2D eigenvalue weighted by atomic mass is 10.1. The first-order chi connectivity index (χ1) is 10.7. The molecule has 0 bridgehead atoms. The second kappa shape index (κ2) is 6.94. The molecule has 3 rings (SSSR count). The van der Waals surface area contributed by atoms with Crippen LogP contribution in [0.25, 0.3) is 10.2 Å². The van der Waals surface area contributed by atoms with Crippen molar-refractivity contribution in [1.29, 1.82) is 0 Å². The van der Waals surface area contributed by atoms with Gasteiger partial charge in [0, 0.05) is 5.69 Å². The molecule has 0 aliphatic rings. The highest BCUT2D eigenvalue weighted by Crippen LogP contribution is 2.29. The molecule has 0 unspecified atom stereocenters. The topological polar surface area (TPSA) is 42.0 Å². The molecular formula is C17H16N2OS2. The van der Waals surface area contributed by atoms with Crippen molar-refractivity contribution in [2.75, 3.05) is 11.1 Å². The van der Waals surface area contributed by atoms with Gasteiger partial charge in [-0.25, -0.2) is 4.98 Å². The van der Waals surface area contributed by atoms with Crippen LogP contribution in [-0.2, 0) is 11.2 Å². The summed E-state index contributed by atoms with van der Waals surface area (Å²) < 4.78 is 2.08. The van der Waals surface area contributed by atoms with Crippen LogP contribution in [0, 0.1) is 0 Å². The van der Waals surface area contributed by atoms with Gasteiger partial charge in [0.2, 0.25) is 5.91 Å². The molecule has 0 spiro atoms. The molecule has 3 nitrogen and oxygen atoms in total. The molecule has 5 heteroatoms. The molecule has 3 aromatic rings. The third-order valence-corrected chi connectivity index (χ3v) is 5.40. The number of thiazole rings is 1. The number of para-hydroxylation sites is 1. The van der Waals surface area contributed by atoms with Crippen LogP contribution >= 0.6 is 23.1 Å². The van der Waals surface area contributed by atoms with E-state index in [1.165, 1.54) is 17.3 Å². The number of amides is 1. The van der Waals surface area contributed by atoms with Gasteiger partial charge in [0.25, 0.3) is 0 Å². The van der Waals surface area contributed by atoms with Crippen molar-refractivity contribution in [3.05, 3.63) is 54.1 Å². The van der Waals surface area contributed by atoms with Gasteiger partial charge in [0.15, 0.2) is 4.34 Å². The number of benzene rings is 2. The SMILES string of the molecule is CCc1cccc(NC(=O)CSc2nc3ccccc3s2)c1.